The number of amides is 4. The summed E-state index contributed by atoms with van der Waals surface area (Å²) >= 11 is 1.82. The molecule has 0 saturated carbocycles. The third-order valence-corrected chi connectivity index (χ3v) is 6.53. The molecule has 4 rings (SSSR count). The Kier molecular flexibility index (Phi) is 4.65. The summed E-state index contributed by atoms with van der Waals surface area (Å²) < 4.78 is 0. The molecule has 1 N–H and O–H groups in total. The summed E-state index contributed by atoms with van der Waals surface area (Å²) in [7, 11) is 0. The minimum atomic E-state index is -0.700. The number of carbonyl (C=O) groups excluding carboxylic acids is 3. The summed E-state index contributed by atoms with van der Waals surface area (Å²) in [5, 5.41) is 2.93. The lowest BCUT2D eigenvalue weighted by Crippen LogP contribution is -2.49. The zero-order valence-corrected chi connectivity index (χ0v) is 15.5. The minimum Gasteiger partial charge on any atom is -0.338 e. The number of likely N-dealkylation sites (tertiary alicyclic amines) is 1. The lowest BCUT2D eigenvalue weighted by Gasteiger charge is -2.30. The van der Waals surface area contributed by atoms with Gasteiger partial charge in [-0.25, -0.2) is 4.79 Å². The molecule has 7 heteroatoms. The van der Waals surface area contributed by atoms with Crippen LogP contribution in [0.25, 0.3) is 0 Å². The van der Waals surface area contributed by atoms with Gasteiger partial charge >= 0.3 is 6.03 Å². The van der Waals surface area contributed by atoms with Gasteiger partial charge in [0.1, 0.15) is 5.54 Å². The summed E-state index contributed by atoms with van der Waals surface area (Å²) in [6.45, 7) is 1.50. The summed E-state index contributed by atoms with van der Waals surface area (Å²) in [6.07, 6.45) is 1.79. The topological polar surface area (TPSA) is 69.7 Å². The van der Waals surface area contributed by atoms with E-state index in [2.05, 4.69) is 5.32 Å². The second kappa shape index (κ2) is 6.95. The van der Waals surface area contributed by atoms with Crippen LogP contribution in [0.5, 0.6) is 0 Å². The van der Waals surface area contributed by atoms with Gasteiger partial charge in [0.25, 0.3) is 5.91 Å². The molecule has 3 aliphatic rings. The number of urea groups is 1. The van der Waals surface area contributed by atoms with Crippen LogP contribution in [0, 0.1) is 5.92 Å². The molecular formula is C19H23N3O3S. The highest BCUT2D eigenvalue weighted by Crippen LogP contribution is 2.33. The van der Waals surface area contributed by atoms with Crippen molar-refractivity contribution >= 4 is 29.6 Å². The molecule has 0 aromatic heterocycles. The van der Waals surface area contributed by atoms with Gasteiger partial charge in [-0.15, -0.1) is 0 Å². The Bertz CT molecular complexity index is 718. The van der Waals surface area contributed by atoms with Crippen LogP contribution in [-0.2, 0) is 16.1 Å². The molecule has 0 radical (unpaired) electrons. The van der Waals surface area contributed by atoms with E-state index in [1.165, 1.54) is 4.90 Å². The number of hydrogen-bond acceptors (Lipinski definition) is 4. The first kappa shape index (κ1) is 17.4. The van der Waals surface area contributed by atoms with Crippen molar-refractivity contribution in [1.82, 2.24) is 15.1 Å². The molecule has 3 aliphatic heterocycles. The molecule has 1 aromatic carbocycles. The van der Waals surface area contributed by atoms with Crippen molar-refractivity contribution < 1.29 is 14.4 Å². The number of hydrogen-bond donors (Lipinski definition) is 1. The van der Waals surface area contributed by atoms with E-state index >= 15 is 0 Å². The van der Waals surface area contributed by atoms with Crippen molar-refractivity contribution in [1.29, 1.82) is 0 Å². The van der Waals surface area contributed by atoms with E-state index in [1.54, 1.807) is 0 Å². The van der Waals surface area contributed by atoms with E-state index in [4.69, 9.17) is 0 Å². The quantitative estimate of drug-likeness (QED) is 0.818. The Morgan fingerprint density at radius 1 is 1.12 bits per heavy atom. The Labute approximate surface area is 157 Å². The van der Waals surface area contributed by atoms with Crippen LogP contribution in [0.15, 0.2) is 30.3 Å². The van der Waals surface area contributed by atoms with Crippen LogP contribution in [0.3, 0.4) is 0 Å². The molecular weight excluding hydrogens is 350 g/mol. The summed E-state index contributed by atoms with van der Waals surface area (Å²) in [4.78, 5) is 40.8. The highest BCUT2D eigenvalue weighted by Gasteiger charge is 2.52. The first-order valence-electron chi connectivity index (χ1n) is 9.11. The van der Waals surface area contributed by atoms with Gasteiger partial charge in [-0.05, 0) is 29.9 Å². The second-order valence-electron chi connectivity index (χ2n) is 7.37. The fourth-order valence-electron chi connectivity index (χ4n) is 4.09. The molecule has 138 valence electrons. The summed E-state index contributed by atoms with van der Waals surface area (Å²) in [5.41, 5.74) is 0.393. The summed E-state index contributed by atoms with van der Waals surface area (Å²) in [6, 6.07) is 9.59. The number of carbonyl (C=O) groups is 3. The van der Waals surface area contributed by atoms with Crippen LogP contribution in [0.1, 0.15) is 24.8 Å². The molecule has 1 unspecified atom stereocenters. The zero-order chi connectivity index (χ0) is 18.1. The standard InChI is InChI=1S/C19H23N3O3S/c23-16-10-15(12-21(16)11-14-4-2-1-3-5-14)13-22-17(24)19(20-18(22)25)6-8-26-9-7-19/h1-5,15H,6-13H2,(H,20,25). The Balaban J connectivity index is 1.39. The second-order valence-corrected chi connectivity index (χ2v) is 8.60. The maximum absolute atomic E-state index is 12.9. The lowest BCUT2D eigenvalue weighted by molar-refractivity contribution is -0.132. The fraction of sp³-hybridized carbons (Fsp3) is 0.526. The molecule has 26 heavy (non-hydrogen) atoms. The van der Waals surface area contributed by atoms with E-state index in [1.807, 2.05) is 47.0 Å². The van der Waals surface area contributed by atoms with E-state index in [9.17, 15) is 14.4 Å². The van der Waals surface area contributed by atoms with Crippen molar-refractivity contribution in [3.8, 4) is 0 Å². The van der Waals surface area contributed by atoms with Crippen LogP contribution in [0.2, 0.25) is 0 Å². The minimum absolute atomic E-state index is 0.00836. The number of nitrogens with one attached hydrogen (secondary N) is 1. The molecule has 1 aromatic rings. The maximum atomic E-state index is 12.9. The molecule has 1 spiro atoms. The Hall–Kier alpha value is -2.02. The van der Waals surface area contributed by atoms with E-state index < -0.39 is 5.54 Å². The number of thioether (sulfide) groups is 1. The zero-order valence-electron chi connectivity index (χ0n) is 14.6. The first-order valence-corrected chi connectivity index (χ1v) is 10.3. The molecule has 4 amide bonds. The van der Waals surface area contributed by atoms with Crippen molar-refractivity contribution in [2.24, 2.45) is 5.92 Å². The fourth-order valence-corrected chi connectivity index (χ4v) is 5.28. The number of imide groups is 1. The SMILES string of the molecule is O=C1CC(CN2C(=O)NC3(CCSCC3)C2=O)CN1Cc1ccccc1. The van der Waals surface area contributed by atoms with Crippen LogP contribution in [0.4, 0.5) is 4.79 Å². The molecule has 1 atom stereocenters. The smallest absolute Gasteiger partial charge is 0.325 e. The van der Waals surface area contributed by atoms with Crippen molar-refractivity contribution in [2.45, 2.75) is 31.3 Å². The van der Waals surface area contributed by atoms with Crippen LogP contribution < -0.4 is 5.32 Å². The van der Waals surface area contributed by atoms with Crippen LogP contribution >= 0.6 is 11.8 Å². The predicted molar refractivity (Wildman–Crippen MR) is 99.5 cm³/mol. The third-order valence-electron chi connectivity index (χ3n) is 5.54. The molecule has 0 bridgehead atoms. The Morgan fingerprint density at radius 3 is 2.58 bits per heavy atom. The predicted octanol–water partition coefficient (Wildman–Crippen LogP) is 1.85. The van der Waals surface area contributed by atoms with Gasteiger partial charge in [0.2, 0.25) is 5.91 Å². The molecule has 3 saturated heterocycles. The first-order chi connectivity index (χ1) is 12.6. The van der Waals surface area contributed by atoms with E-state index in [0.717, 1.165) is 17.1 Å². The molecule has 3 heterocycles. The number of benzene rings is 1. The lowest BCUT2D eigenvalue weighted by atomic mass is 9.92. The highest BCUT2D eigenvalue weighted by atomic mass is 32.2. The van der Waals surface area contributed by atoms with Crippen molar-refractivity contribution in [3.63, 3.8) is 0 Å². The normalized spacial score (nSPS) is 25.2. The van der Waals surface area contributed by atoms with E-state index in [0.29, 0.717) is 38.9 Å². The largest absolute Gasteiger partial charge is 0.338 e. The van der Waals surface area contributed by atoms with Gasteiger partial charge in [0, 0.05) is 32.0 Å². The molecule has 3 fully saturated rings. The monoisotopic (exact) mass is 373 g/mol. The number of rotatable bonds is 4. The average Bonchev–Trinajstić information content (AvgIpc) is 3.09. The van der Waals surface area contributed by atoms with Gasteiger partial charge in [-0.3, -0.25) is 14.5 Å². The highest BCUT2D eigenvalue weighted by molar-refractivity contribution is 7.99. The van der Waals surface area contributed by atoms with Gasteiger partial charge in [0.05, 0.1) is 0 Å². The molecule has 0 aliphatic carbocycles. The number of nitrogens with zero attached hydrogens (tertiary/aromatic N) is 2. The molecule has 6 nitrogen and oxygen atoms in total. The average molecular weight is 373 g/mol. The van der Waals surface area contributed by atoms with Crippen molar-refractivity contribution in [2.75, 3.05) is 24.6 Å². The van der Waals surface area contributed by atoms with Gasteiger partial charge in [-0.2, -0.15) is 11.8 Å². The third kappa shape index (κ3) is 3.20. The van der Waals surface area contributed by atoms with Gasteiger partial charge in [-0.1, -0.05) is 30.3 Å². The van der Waals surface area contributed by atoms with Gasteiger partial charge in [0.15, 0.2) is 0 Å². The van der Waals surface area contributed by atoms with Crippen molar-refractivity contribution in [3.05, 3.63) is 35.9 Å². The van der Waals surface area contributed by atoms with Gasteiger partial charge < -0.3 is 10.2 Å². The van der Waals surface area contributed by atoms with Crippen LogP contribution in [-0.4, -0.2) is 57.8 Å². The summed E-state index contributed by atoms with van der Waals surface area (Å²) in [5.74, 6) is 1.79. The van der Waals surface area contributed by atoms with E-state index in [-0.39, 0.29) is 23.8 Å². The maximum Gasteiger partial charge on any atom is 0.325 e. The Morgan fingerprint density at radius 2 is 1.85 bits per heavy atom.